The number of aryl methyl sites for hydroxylation is 2. The van der Waals surface area contributed by atoms with E-state index in [-0.39, 0.29) is 6.04 Å². The molecule has 1 aromatic carbocycles. The second-order valence-corrected chi connectivity index (χ2v) is 5.82. The molecule has 21 heavy (non-hydrogen) atoms. The van der Waals surface area contributed by atoms with E-state index in [1.54, 1.807) is 0 Å². The summed E-state index contributed by atoms with van der Waals surface area (Å²) < 4.78 is 2.06. The van der Waals surface area contributed by atoms with E-state index in [9.17, 15) is 0 Å². The Labute approximate surface area is 127 Å². The van der Waals surface area contributed by atoms with Gasteiger partial charge in [0.05, 0.1) is 6.54 Å². The summed E-state index contributed by atoms with van der Waals surface area (Å²) in [6.45, 7) is 5.06. The van der Waals surface area contributed by atoms with Crippen LogP contribution in [0.2, 0.25) is 0 Å². The minimum Gasteiger partial charge on any atom is -0.367 e. The number of aromatic nitrogens is 2. The zero-order chi connectivity index (χ0) is 15.4. The first-order chi connectivity index (χ1) is 10.0. The van der Waals surface area contributed by atoms with Gasteiger partial charge in [0.1, 0.15) is 5.82 Å². The van der Waals surface area contributed by atoms with Crippen molar-refractivity contribution in [2.45, 2.75) is 39.3 Å². The predicted molar refractivity (Wildman–Crippen MR) is 88.5 cm³/mol. The standard InChI is InChI=1S/C17H26N4/c1-5-15(18)11-14-10-13(2)6-7-16(14)21(4)12-17-19-8-9-20(17)3/h6-10,15H,5,11-12,18H2,1-4H3. The minimum absolute atomic E-state index is 0.215. The van der Waals surface area contributed by atoms with Crippen LogP contribution in [0.5, 0.6) is 0 Å². The molecule has 0 fully saturated rings. The predicted octanol–water partition coefficient (Wildman–Crippen LogP) is 2.64. The van der Waals surface area contributed by atoms with Crippen molar-refractivity contribution in [2.75, 3.05) is 11.9 Å². The van der Waals surface area contributed by atoms with Crippen molar-refractivity contribution < 1.29 is 0 Å². The third-order valence-electron chi connectivity index (χ3n) is 3.95. The van der Waals surface area contributed by atoms with Crippen molar-refractivity contribution >= 4 is 5.69 Å². The van der Waals surface area contributed by atoms with Gasteiger partial charge in [0, 0.05) is 38.2 Å². The van der Waals surface area contributed by atoms with E-state index in [0.29, 0.717) is 0 Å². The van der Waals surface area contributed by atoms with E-state index in [2.05, 4.69) is 53.5 Å². The molecule has 0 aliphatic rings. The van der Waals surface area contributed by atoms with Gasteiger partial charge in [0.15, 0.2) is 0 Å². The fourth-order valence-corrected chi connectivity index (χ4v) is 2.52. The van der Waals surface area contributed by atoms with Gasteiger partial charge in [-0.2, -0.15) is 0 Å². The van der Waals surface area contributed by atoms with Gasteiger partial charge in [0.25, 0.3) is 0 Å². The molecular formula is C17H26N4. The number of anilines is 1. The Hall–Kier alpha value is -1.81. The van der Waals surface area contributed by atoms with Crippen molar-refractivity contribution in [3.63, 3.8) is 0 Å². The number of hydrogen-bond acceptors (Lipinski definition) is 3. The van der Waals surface area contributed by atoms with Crippen LogP contribution in [-0.2, 0) is 20.0 Å². The maximum Gasteiger partial charge on any atom is 0.127 e. The van der Waals surface area contributed by atoms with Crippen LogP contribution in [-0.4, -0.2) is 22.6 Å². The molecule has 1 unspecified atom stereocenters. The highest BCUT2D eigenvalue weighted by atomic mass is 15.2. The molecule has 1 heterocycles. The van der Waals surface area contributed by atoms with Crippen LogP contribution < -0.4 is 10.6 Å². The molecule has 0 bridgehead atoms. The highest BCUT2D eigenvalue weighted by Gasteiger charge is 2.12. The van der Waals surface area contributed by atoms with Gasteiger partial charge in [0.2, 0.25) is 0 Å². The summed E-state index contributed by atoms with van der Waals surface area (Å²) in [5.74, 6) is 1.06. The summed E-state index contributed by atoms with van der Waals surface area (Å²) >= 11 is 0. The minimum atomic E-state index is 0.215. The van der Waals surface area contributed by atoms with Crippen molar-refractivity contribution in [3.8, 4) is 0 Å². The molecule has 0 aliphatic carbocycles. The summed E-state index contributed by atoms with van der Waals surface area (Å²) in [5, 5.41) is 0. The average molecular weight is 286 g/mol. The van der Waals surface area contributed by atoms with Crippen LogP contribution in [0.1, 0.15) is 30.3 Å². The number of imidazole rings is 1. The number of benzene rings is 1. The highest BCUT2D eigenvalue weighted by Crippen LogP contribution is 2.24. The molecule has 0 amide bonds. The molecule has 0 saturated carbocycles. The molecule has 4 nitrogen and oxygen atoms in total. The third-order valence-corrected chi connectivity index (χ3v) is 3.95. The quantitative estimate of drug-likeness (QED) is 0.888. The normalized spacial score (nSPS) is 12.4. The first-order valence-electron chi connectivity index (χ1n) is 7.53. The van der Waals surface area contributed by atoms with Gasteiger partial charge in [-0.05, 0) is 31.4 Å². The molecule has 4 heteroatoms. The fraction of sp³-hybridized carbons (Fsp3) is 0.471. The molecule has 1 atom stereocenters. The van der Waals surface area contributed by atoms with Crippen LogP contribution >= 0.6 is 0 Å². The molecule has 2 N–H and O–H groups in total. The molecule has 0 aliphatic heterocycles. The Morgan fingerprint density at radius 3 is 2.76 bits per heavy atom. The lowest BCUT2D eigenvalue weighted by atomic mass is 10.00. The second-order valence-electron chi connectivity index (χ2n) is 5.82. The number of rotatable bonds is 6. The zero-order valence-corrected chi connectivity index (χ0v) is 13.5. The van der Waals surface area contributed by atoms with Gasteiger partial charge >= 0.3 is 0 Å². The maximum atomic E-state index is 6.15. The van der Waals surface area contributed by atoms with E-state index in [1.807, 2.05) is 19.4 Å². The summed E-state index contributed by atoms with van der Waals surface area (Å²) in [7, 11) is 4.14. The molecule has 2 rings (SSSR count). The topological polar surface area (TPSA) is 47.1 Å². The Bertz CT molecular complexity index is 588. The van der Waals surface area contributed by atoms with Gasteiger partial charge in [-0.1, -0.05) is 24.6 Å². The average Bonchev–Trinajstić information content (AvgIpc) is 2.84. The van der Waals surface area contributed by atoms with Gasteiger partial charge < -0.3 is 15.2 Å². The Morgan fingerprint density at radius 2 is 2.14 bits per heavy atom. The maximum absolute atomic E-state index is 6.15. The van der Waals surface area contributed by atoms with Crippen molar-refractivity contribution in [1.29, 1.82) is 0 Å². The van der Waals surface area contributed by atoms with Crippen LogP contribution in [0.3, 0.4) is 0 Å². The van der Waals surface area contributed by atoms with E-state index in [1.165, 1.54) is 16.8 Å². The van der Waals surface area contributed by atoms with Crippen LogP contribution in [0.25, 0.3) is 0 Å². The summed E-state index contributed by atoms with van der Waals surface area (Å²) in [6, 6.07) is 6.81. The molecule has 0 spiro atoms. The lowest BCUT2D eigenvalue weighted by Crippen LogP contribution is -2.25. The van der Waals surface area contributed by atoms with E-state index in [4.69, 9.17) is 5.73 Å². The highest BCUT2D eigenvalue weighted by molar-refractivity contribution is 5.54. The first-order valence-corrected chi connectivity index (χ1v) is 7.53. The van der Waals surface area contributed by atoms with Gasteiger partial charge in [-0.3, -0.25) is 0 Å². The van der Waals surface area contributed by atoms with E-state index >= 15 is 0 Å². The fourth-order valence-electron chi connectivity index (χ4n) is 2.52. The monoisotopic (exact) mass is 286 g/mol. The lowest BCUT2D eigenvalue weighted by Gasteiger charge is -2.24. The Kier molecular flexibility index (Phi) is 5.02. The van der Waals surface area contributed by atoms with Crippen molar-refractivity contribution in [2.24, 2.45) is 12.8 Å². The zero-order valence-electron chi connectivity index (χ0n) is 13.5. The second kappa shape index (κ2) is 6.76. The van der Waals surface area contributed by atoms with Crippen molar-refractivity contribution in [1.82, 2.24) is 9.55 Å². The number of hydrogen-bond donors (Lipinski definition) is 1. The lowest BCUT2D eigenvalue weighted by molar-refractivity contribution is 0.644. The molecule has 0 radical (unpaired) electrons. The van der Waals surface area contributed by atoms with E-state index in [0.717, 1.165) is 25.2 Å². The molecule has 2 aromatic rings. The first kappa shape index (κ1) is 15.6. The Morgan fingerprint density at radius 1 is 1.38 bits per heavy atom. The SMILES string of the molecule is CCC(N)Cc1cc(C)ccc1N(C)Cc1nccn1C. The number of nitrogens with two attached hydrogens (primary N) is 1. The summed E-state index contributed by atoms with van der Waals surface area (Å²) in [4.78, 5) is 6.65. The van der Waals surface area contributed by atoms with Gasteiger partial charge in [-0.15, -0.1) is 0 Å². The molecule has 114 valence electrons. The largest absolute Gasteiger partial charge is 0.367 e. The summed E-state index contributed by atoms with van der Waals surface area (Å²) in [5.41, 5.74) is 9.99. The molecular weight excluding hydrogens is 260 g/mol. The molecule has 0 saturated heterocycles. The smallest absolute Gasteiger partial charge is 0.127 e. The van der Waals surface area contributed by atoms with Crippen LogP contribution in [0.4, 0.5) is 5.69 Å². The van der Waals surface area contributed by atoms with Crippen LogP contribution in [0, 0.1) is 6.92 Å². The summed E-state index contributed by atoms with van der Waals surface area (Å²) in [6.07, 6.45) is 5.73. The van der Waals surface area contributed by atoms with Crippen molar-refractivity contribution in [3.05, 3.63) is 47.5 Å². The Balaban J connectivity index is 2.23. The third kappa shape index (κ3) is 3.85. The van der Waals surface area contributed by atoms with E-state index < -0.39 is 0 Å². The van der Waals surface area contributed by atoms with Crippen LogP contribution in [0.15, 0.2) is 30.6 Å². The van der Waals surface area contributed by atoms with Gasteiger partial charge in [-0.25, -0.2) is 4.98 Å². The molecule has 1 aromatic heterocycles. The number of nitrogens with zero attached hydrogens (tertiary/aromatic N) is 3.